The van der Waals surface area contributed by atoms with Gasteiger partial charge in [0.1, 0.15) is 5.60 Å². The zero-order chi connectivity index (χ0) is 28.5. The van der Waals surface area contributed by atoms with E-state index in [9.17, 15) is 5.21 Å². The van der Waals surface area contributed by atoms with Gasteiger partial charge in [-0.15, -0.1) is 0 Å². The lowest BCUT2D eigenvalue weighted by molar-refractivity contribution is -0.538. The molecule has 4 heteroatoms. The monoisotopic (exact) mass is 550 g/mol. The molecule has 6 aliphatic rings. The zero-order valence-corrected chi connectivity index (χ0v) is 24.2. The first-order valence-electron chi connectivity index (χ1n) is 15.2. The topological polar surface area (TPSA) is 38.5 Å². The van der Waals surface area contributed by atoms with Gasteiger partial charge < -0.3 is 5.21 Å². The lowest BCUT2D eigenvalue weighted by atomic mass is 9.64. The second-order valence-electron chi connectivity index (χ2n) is 13.3. The molecular weight excluding hydrogens is 516 g/mol. The van der Waals surface area contributed by atoms with Crippen molar-refractivity contribution in [3.63, 3.8) is 0 Å². The van der Waals surface area contributed by atoms with Crippen LogP contribution in [0.25, 0.3) is 5.57 Å². The van der Waals surface area contributed by atoms with Gasteiger partial charge in [0.05, 0.1) is 11.1 Å². The predicted octanol–water partition coefficient (Wildman–Crippen LogP) is 7.76. The first-order chi connectivity index (χ1) is 20.3. The highest BCUT2D eigenvalue weighted by Gasteiger charge is 2.67. The van der Waals surface area contributed by atoms with Crippen molar-refractivity contribution < 1.29 is 9.58 Å². The van der Waals surface area contributed by atoms with Gasteiger partial charge in [0.25, 0.3) is 0 Å². The Hall–Kier alpha value is -3.99. The fourth-order valence-corrected chi connectivity index (χ4v) is 9.43. The number of hydroxylamine groups is 3. The molecule has 4 aromatic rings. The summed E-state index contributed by atoms with van der Waals surface area (Å²) in [5.74, 6) is 0. The number of fused-ring (bicyclic) bond motifs is 4. The minimum absolute atomic E-state index is 0.330. The molecule has 1 unspecified atom stereocenters. The number of hydrogen-bond donors (Lipinski definition) is 0. The van der Waals surface area contributed by atoms with Crippen LogP contribution in [0, 0.1) is 5.21 Å². The molecule has 4 nitrogen and oxygen atoms in total. The summed E-state index contributed by atoms with van der Waals surface area (Å²) >= 11 is 0. The highest BCUT2D eigenvalue weighted by Crippen LogP contribution is 2.65. The van der Waals surface area contributed by atoms with Gasteiger partial charge >= 0.3 is 0 Å². The highest BCUT2D eigenvalue weighted by atomic mass is 16.7. The third-order valence-electron chi connectivity index (χ3n) is 11.3. The molecule has 0 amide bonds. The standard InChI is InChI=1S/C38H34N2O2/c1-25-27-12-4-6-14-29(27)37(30-15-7-5-13-28(25)30)21-20-26(39(37)41)24-35(2)22-23-38-33-18-10-8-16-31(33)36(3,42-40(35)38)32-17-9-11-19-34(32)38/h4-19H,1,20-24H2,2-3H3. The van der Waals surface area contributed by atoms with Crippen LogP contribution in [0.15, 0.2) is 104 Å². The maximum absolute atomic E-state index is 14.8. The maximum atomic E-state index is 14.8. The van der Waals surface area contributed by atoms with E-state index in [0.29, 0.717) is 6.42 Å². The Morgan fingerprint density at radius 1 is 0.714 bits per heavy atom. The highest BCUT2D eigenvalue weighted by molar-refractivity contribution is 5.89. The number of rotatable bonds is 2. The number of benzene rings is 4. The summed E-state index contributed by atoms with van der Waals surface area (Å²) in [5.41, 5.74) is 9.53. The van der Waals surface area contributed by atoms with Gasteiger partial charge in [-0.25, -0.2) is 0 Å². The Morgan fingerprint density at radius 2 is 1.21 bits per heavy atom. The lowest BCUT2D eigenvalue weighted by Gasteiger charge is -2.59. The first kappa shape index (κ1) is 24.6. The quantitative estimate of drug-likeness (QED) is 0.189. The third kappa shape index (κ3) is 2.65. The summed E-state index contributed by atoms with van der Waals surface area (Å²) in [6.07, 6.45) is 4.10. The van der Waals surface area contributed by atoms with Gasteiger partial charge in [0.2, 0.25) is 5.54 Å². The molecule has 0 aromatic heterocycles. The SMILES string of the molecule is C=C1c2ccccc2C2(CCC(CC3(C)CCC45c6ccccc6C(C)(ON34)c3ccccc35)=[N+]2[O-])c2ccccc21. The Kier molecular flexibility index (Phi) is 4.62. The third-order valence-corrected chi connectivity index (χ3v) is 11.3. The molecule has 208 valence electrons. The molecule has 10 rings (SSSR count). The van der Waals surface area contributed by atoms with Crippen LogP contribution in [0.4, 0.5) is 0 Å². The molecule has 42 heavy (non-hydrogen) atoms. The van der Waals surface area contributed by atoms with Gasteiger partial charge in [-0.05, 0) is 65.6 Å². The van der Waals surface area contributed by atoms with E-state index in [4.69, 9.17) is 4.84 Å². The number of hydrogen-bond acceptors (Lipinski definition) is 3. The molecule has 0 radical (unpaired) electrons. The molecule has 4 aliphatic heterocycles. The molecule has 0 saturated carbocycles. The van der Waals surface area contributed by atoms with E-state index in [0.717, 1.165) is 59.2 Å². The van der Waals surface area contributed by atoms with Crippen LogP contribution < -0.4 is 0 Å². The molecule has 4 heterocycles. The van der Waals surface area contributed by atoms with Crippen LogP contribution in [-0.4, -0.2) is 21.1 Å². The molecule has 4 aromatic carbocycles. The van der Waals surface area contributed by atoms with Crippen molar-refractivity contribution in [3.8, 4) is 0 Å². The van der Waals surface area contributed by atoms with Crippen molar-refractivity contribution in [2.45, 2.75) is 68.2 Å². The minimum atomic E-state index is -0.733. The van der Waals surface area contributed by atoms with E-state index in [1.807, 2.05) is 0 Å². The summed E-state index contributed by atoms with van der Waals surface area (Å²) in [4.78, 5) is 7.15. The fraction of sp³-hybridized carbons (Fsp3) is 0.289. The van der Waals surface area contributed by atoms with Crippen LogP contribution in [-0.2, 0) is 21.5 Å². The van der Waals surface area contributed by atoms with E-state index in [1.54, 1.807) is 0 Å². The van der Waals surface area contributed by atoms with E-state index in [1.165, 1.54) is 27.0 Å². The van der Waals surface area contributed by atoms with E-state index >= 15 is 0 Å². The van der Waals surface area contributed by atoms with Crippen LogP contribution in [0.1, 0.15) is 90.5 Å². The Labute approximate surface area is 247 Å². The van der Waals surface area contributed by atoms with Gasteiger partial charge in [0.15, 0.2) is 5.71 Å². The molecule has 2 bridgehead atoms. The van der Waals surface area contributed by atoms with E-state index in [-0.39, 0.29) is 11.1 Å². The smallest absolute Gasteiger partial charge is 0.225 e. The van der Waals surface area contributed by atoms with Crippen LogP contribution >= 0.6 is 0 Å². The Bertz CT molecular complexity index is 1790. The molecule has 1 atom stereocenters. The molecule has 0 N–H and O–H groups in total. The minimum Gasteiger partial charge on any atom is -0.623 e. The van der Waals surface area contributed by atoms with Gasteiger partial charge in [-0.1, -0.05) is 104 Å². The maximum Gasteiger partial charge on any atom is 0.225 e. The van der Waals surface area contributed by atoms with Crippen LogP contribution in [0.2, 0.25) is 0 Å². The van der Waals surface area contributed by atoms with Crippen LogP contribution in [0.5, 0.6) is 0 Å². The van der Waals surface area contributed by atoms with Gasteiger partial charge in [0, 0.05) is 30.4 Å². The fourth-order valence-electron chi connectivity index (χ4n) is 9.43. The molecular formula is C38H34N2O2. The molecule has 1 fully saturated rings. The second kappa shape index (κ2) is 7.89. The van der Waals surface area contributed by atoms with Crippen molar-refractivity contribution in [1.82, 2.24) is 5.06 Å². The summed E-state index contributed by atoms with van der Waals surface area (Å²) in [5, 5.41) is 17.1. The predicted molar refractivity (Wildman–Crippen MR) is 165 cm³/mol. The first-order valence-corrected chi connectivity index (χ1v) is 15.2. The van der Waals surface area contributed by atoms with Crippen molar-refractivity contribution in [2.75, 3.05) is 0 Å². The average Bonchev–Trinajstić information content (AvgIpc) is 3.51. The summed E-state index contributed by atoms with van der Waals surface area (Å²) < 4.78 is 1.39. The van der Waals surface area contributed by atoms with Crippen molar-refractivity contribution in [2.24, 2.45) is 0 Å². The van der Waals surface area contributed by atoms with E-state index < -0.39 is 11.1 Å². The Morgan fingerprint density at radius 3 is 1.79 bits per heavy atom. The molecule has 1 saturated heterocycles. The van der Waals surface area contributed by atoms with Crippen molar-refractivity contribution in [3.05, 3.63) is 153 Å². The number of nitrogens with zero attached hydrogens (tertiary/aromatic N) is 2. The van der Waals surface area contributed by atoms with Crippen LogP contribution in [0.3, 0.4) is 0 Å². The lowest BCUT2D eigenvalue weighted by Crippen LogP contribution is -2.63. The van der Waals surface area contributed by atoms with Gasteiger partial charge in [-0.3, -0.25) is 4.84 Å². The normalized spacial score (nSPS) is 29.7. The Balaban J connectivity index is 1.19. The molecule has 2 spiro atoms. The average molecular weight is 551 g/mol. The zero-order valence-electron chi connectivity index (χ0n) is 24.2. The summed E-state index contributed by atoms with van der Waals surface area (Å²) in [6.45, 7) is 8.98. The van der Waals surface area contributed by atoms with Crippen molar-refractivity contribution in [1.29, 1.82) is 0 Å². The second-order valence-corrected chi connectivity index (χ2v) is 13.3. The summed E-state index contributed by atoms with van der Waals surface area (Å²) in [7, 11) is 0. The van der Waals surface area contributed by atoms with E-state index in [2.05, 4.69) is 123 Å². The molecule has 2 aliphatic carbocycles. The summed E-state index contributed by atoms with van der Waals surface area (Å²) in [6, 6.07) is 34.4. The largest absolute Gasteiger partial charge is 0.623 e. The van der Waals surface area contributed by atoms with Crippen molar-refractivity contribution >= 4 is 11.3 Å². The van der Waals surface area contributed by atoms with Gasteiger partial charge in [-0.2, -0.15) is 9.80 Å².